The molecule has 0 radical (unpaired) electrons. The molecule has 0 spiro atoms. The van der Waals surface area contributed by atoms with Crippen molar-refractivity contribution in [2.24, 2.45) is 0 Å². The van der Waals surface area contributed by atoms with E-state index in [4.69, 9.17) is 9.05 Å². The normalized spacial score (nSPS) is 12.8. The standard InChI is InChI=1S/C17H21FNO3P/c1-3-21-23(20,22-4-2)17(15-12-8-9-13-16(15)18)19-14-10-6-5-7-11-14/h5-13,17,19H,3-4H2,1-2H3/t17-/m1/s1. The van der Waals surface area contributed by atoms with Gasteiger partial charge in [-0.3, -0.25) is 4.57 Å². The fourth-order valence-electron chi connectivity index (χ4n) is 2.26. The third kappa shape index (κ3) is 4.41. The molecular weight excluding hydrogens is 316 g/mol. The average Bonchev–Trinajstić information content (AvgIpc) is 2.55. The highest BCUT2D eigenvalue weighted by atomic mass is 31.2. The van der Waals surface area contributed by atoms with Crippen LogP contribution in [0.1, 0.15) is 25.2 Å². The third-order valence-corrected chi connectivity index (χ3v) is 5.49. The molecule has 1 N–H and O–H groups in total. The van der Waals surface area contributed by atoms with Gasteiger partial charge in [0.15, 0.2) is 5.78 Å². The first kappa shape index (κ1) is 17.7. The molecular formula is C17H21FNO3P. The van der Waals surface area contributed by atoms with Crippen LogP contribution in [0.4, 0.5) is 10.1 Å². The number of hydrogen-bond donors (Lipinski definition) is 1. The molecule has 0 heterocycles. The molecule has 2 rings (SSSR count). The molecule has 0 saturated heterocycles. The molecule has 0 aromatic heterocycles. The zero-order chi connectivity index (χ0) is 16.7. The van der Waals surface area contributed by atoms with Gasteiger partial charge < -0.3 is 14.4 Å². The highest BCUT2D eigenvalue weighted by molar-refractivity contribution is 7.54. The summed E-state index contributed by atoms with van der Waals surface area (Å²) in [5.41, 5.74) is 0.960. The van der Waals surface area contributed by atoms with Gasteiger partial charge in [0.2, 0.25) is 0 Å². The Labute approximate surface area is 136 Å². The lowest BCUT2D eigenvalue weighted by Gasteiger charge is -2.28. The molecule has 0 aliphatic carbocycles. The molecule has 124 valence electrons. The molecule has 2 aromatic carbocycles. The van der Waals surface area contributed by atoms with Crippen molar-refractivity contribution in [3.05, 3.63) is 66.0 Å². The first-order chi connectivity index (χ1) is 11.1. The van der Waals surface area contributed by atoms with E-state index in [1.807, 2.05) is 30.3 Å². The SMILES string of the molecule is CCOP(=O)(OCC)[C@@H](Nc1ccccc1)c1ccccc1F. The molecule has 6 heteroatoms. The zero-order valence-corrected chi connectivity index (χ0v) is 14.1. The second-order valence-electron chi connectivity index (χ2n) is 4.81. The minimum atomic E-state index is -3.59. The minimum absolute atomic E-state index is 0.207. The van der Waals surface area contributed by atoms with Gasteiger partial charge in [0.05, 0.1) is 13.2 Å². The maximum absolute atomic E-state index is 14.3. The minimum Gasteiger partial charge on any atom is -0.368 e. The molecule has 0 aliphatic rings. The molecule has 23 heavy (non-hydrogen) atoms. The van der Waals surface area contributed by atoms with E-state index in [2.05, 4.69) is 5.32 Å². The Balaban J connectivity index is 2.46. The summed E-state index contributed by atoms with van der Waals surface area (Å²) in [6.45, 7) is 3.87. The van der Waals surface area contributed by atoms with E-state index < -0.39 is 19.2 Å². The second kappa shape index (κ2) is 8.25. The van der Waals surface area contributed by atoms with Gasteiger partial charge in [0.1, 0.15) is 5.82 Å². The first-order valence-corrected chi connectivity index (χ1v) is 9.16. The summed E-state index contributed by atoms with van der Waals surface area (Å²) in [4.78, 5) is 0. The monoisotopic (exact) mass is 337 g/mol. The zero-order valence-electron chi connectivity index (χ0n) is 13.2. The molecule has 1 atom stereocenters. The second-order valence-corrected chi connectivity index (χ2v) is 6.92. The van der Waals surface area contributed by atoms with Gasteiger partial charge in [0.25, 0.3) is 0 Å². The van der Waals surface area contributed by atoms with Crippen LogP contribution >= 0.6 is 7.60 Å². The van der Waals surface area contributed by atoms with Crippen LogP contribution in [-0.2, 0) is 13.6 Å². The van der Waals surface area contributed by atoms with E-state index in [0.29, 0.717) is 5.69 Å². The highest BCUT2D eigenvalue weighted by Gasteiger charge is 2.38. The Kier molecular flexibility index (Phi) is 6.34. The largest absolute Gasteiger partial charge is 0.368 e. The van der Waals surface area contributed by atoms with Crippen LogP contribution in [0, 0.1) is 5.82 Å². The van der Waals surface area contributed by atoms with Crippen molar-refractivity contribution in [1.82, 2.24) is 0 Å². The van der Waals surface area contributed by atoms with Gasteiger partial charge >= 0.3 is 7.60 Å². The predicted molar refractivity (Wildman–Crippen MR) is 90.1 cm³/mol. The van der Waals surface area contributed by atoms with Crippen molar-refractivity contribution >= 4 is 13.3 Å². The first-order valence-electron chi connectivity index (χ1n) is 7.55. The molecule has 0 unspecified atom stereocenters. The quantitative estimate of drug-likeness (QED) is 0.672. The fourth-order valence-corrected chi connectivity index (χ4v) is 4.21. The van der Waals surface area contributed by atoms with Crippen LogP contribution in [0.3, 0.4) is 0 Å². The summed E-state index contributed by atoms with van der Waals surface area (Å²) in [5.74, 6) is -1.38. The van der Waals surface area contributed by atoms with Gasteiger partial charge in [-0.2, -0.15) is 0 Å². The number of hydrogen-bond acceptors (Lipinski definition) is 4. The summed E-state index contributed by atoms with van der Waals surface area (Å²) < 4.78 is 38.3. The van der Waals surface area contributed by atoms with Crippen LogP contribution in [0.5, 0.6) is 0 Å². The topological polar surface area (TPSA) is 47.6 Å². The smallest absolute Gasteiger partial charge is 0.357 e. The Bertz CT molecular complexity index is 656. The van der Waals surface area contributed by atoms with Crippen LogP contribution in [0.25, 0.3) is 0 Å². The number of rotatable bonds is 8. The van der Waals surface area contributed by atoms with E-state index in [0.717, 1.165) is 0 Å². The number of benzene rings is 2. The molecule has 0 bridgehead atoms. The summed E-state index contributed by atoms with van der Waals surface area (Å²) >= 11 is 0. The summed E-state index contributed by atoms with van der Waals surface area (Å²) in [6, 6.07) is 15.4. The number of halogens is 1. The van der Waals surface area contributed by atoms with Crippen molar-refractivity contribution in [2.75, 3.05) is 18.5 Å². The van der Waals surface area contributed by atoms with Crippen molar-refractivity contribution in [3.63, 3.8) is 0 Å². The van der Waals surface area contributed by atoms with Gasteiger partial charge in [-0.15, -0.1) is 0 Å². The Hall–Kier alpha value is -1.68. The number of anilines is 1. The van der Waals surface area contributed by atoms with E-state index in [1.165, 1.54) is 6.07 Å². The maximum Gasteiger partial charge on any atom is 0.357 e. The van der Waals surface area contributed by atoms with Crippen LogP contribution < -0.4 is 5.32 Å². The lowest BCUT2D eigenvalue weighted by atomic mass is 10.2. The van der Waals surface area contributed by atoms with Gasteiger partial charge in [0, 0.05) is 11.3 Å². The Morgan fingerprint density at radius 2 is 1.57 bits per heavy atom. The van der Waals surface area contributed by atoms with Crippen molar-refractivity contribution in [3.8, 4) is 0 Å². The lowest BCUT2D eigenvalue weighted by Crippen LogP contribution is -2.16. The Morgan fingerprint density at radius 1 is 1.00 bits per heavy atom. The molecule has 0 saturated carbocycles. The fraction of sp³-hybridized carbons (Fsp3) is 0.294. The molecule has 0 fully saturated rings. The third-order valence-electron chi connectivity index (χ3n) is 3.21. The van der Waals surface area contributed by atoms with Gasteiger partial charge in [-0.1, -0.05) is 36.4 Å². The van der Waals surface area contributed by atoms with Crippen LogP contribution in [-0.4, -0.2) is 13.2 Å². The molecule has 0 aliphatic heterocycles. The van der Waals surface area contributed by atoms with Crippen LogP contribution in [0.2, 0.25) is 0 Å². The van der Waals surface area contributed by atoms with Crippen molar-refractivity contribution in [2.45, 2.75) is 19.6 Å². The maximum atomic E-state index is 14.3. The molecule has 0 amide bonds. The van der Waals surface area contributed by atoms with Crippen LogP contribution in [0.15, 0.2) is 54.6 Å². The van der Waals surface area contributed by atoms with Crippen molar-refractivity contribution < 1.29 is 18.0 Å². The highest BCUT2D eigenvalue weighted by Crippen LogP contribution is 2.61. The number of para-hydroxylation sites is 1. The Morgan fingerprint density at radius 3 is 2.13 bits per heavy atom. The van der Waals surface area contributed by atoms with E-state index >= 15 is 0 Å². The van der Waals surface area contributed by atoms with E-state index in [9.17, 15) is 8.96 Å². The van der Waals surface area contributed by atoms with E-state index in [1.54, 1.807) is 32.0 Å². The molecule has 2 aromatic rings. The summed E-state index contributed by atoms with van der Waals surface area (Å²) in [7, 11) is -3.59. The van der Waals surface area contributed by atoms with Crippen molar-refractivity contribution in [1.29, 1.82) is 0 Å². The predicted octanol–water partition coefficient (Wildman–Crippen LogP) is 5.20. The van der Waals surface area contributed by atoms with E-state index in [-0.39, 0.29) is 18.8 Å². The van der Waals surface area contributed by atoms with Gasteiger partial charge in [-0.05, 0) is 32.0 Å². The summed E-state index contributed by atoms with van der Waals surface area (Å²) in [5, 5.41) is 3.09. The number of nitrogens with one attached hydrogen (secondary N) is 1. The lowest BCUT2D eigenvalue weighted by molar-refractivity contribution is 0.213. The molecule has 4 nitrogen and oxygen atoms in total. The van der Waals surface area contributed by atoms with Gasteiger partial charge in [-0.25, -0.2) is 4.39 Å². The summed E-state index contributed by atoms with van der Waals surface area (Å²) in [6.07, 6.45) is 0. The average molecular weight is 337 g/mol.